The van der Waals surface area contributed by atoms with Crippen molar-refractivity contribution in [3.63, 3.8) is 0 Å². The molecule has 0 atom stereocenters. The number of sulfone groups is 1. The zero-order chi connectivity index (χ0) is 12.5. The molecule has 1 aliphatic rings. The third-order valence-corrected chi connectivity index (χ3v) is 4.09. The van der Waals surface area contributed by atoms with Crippen LogP contribution in [0.5, 0.6) is 0 Å². The molecule has 0 saturated carbocycles. The molecule has 4 nitrogen and oxygen atoms in total. The number of nitrogens with two attached hydrogens (primary N) is 1. The Morgan fingerprint density at radius 3 is 2.88 bits per heavy atom. The summed E-state index contributed by atoms with van der Waals surface area (Å²) < 4.78 is 22.3. The summed E-state index contributed by atoms with van der Waals surface area (Å²) in [5.74, 6) is 0.217. The standard InChI is InChI=1S/C12H18N2O2S/c1-17(15,16)8-7-14-6-5-10-3-2-4-12(13)11(10)9-14/h2-4H,5-9,13H2,1H3. The third-order valence-electron chi connectivity index (χ3n) is 3.17. The largest absolute Gasteiger partial charge is 0.398 e. The van der Waals surface area contributed by atoms with Crippen molar-refractivity contribution in [3.8, 4) is 0 Å². The van der Waals surface area contributed by atoms with E-state index >= 15 is 0 Å². The molecule has 1 heterocycles. The van der Waals surface area contributed by atoms with E-state index in [1.54, 1.807) is 0 Å². The van der Waals surface area contributed by atoms with E-state index in [1.807, 2.05) is 12.1 Å². The van der Waals surface area contributed by atoms with Crippen molar-refractivity contribution in [3.05, 3.63) is 29.3 Å². The van der Waals surface area contributed by atoms with Gasteiger partial charge in [-0.2, -0.15) is 0 Å². The Morgan fingerprint density at radius 1 is 1.41 bits per heavy atom. The van der Waals surface area contributed by atoms with Gasteiger partial charge in [-0.15, -0.1) is 0 Å². The van der Waals surface area contributed by atoms with Crippen LogP contribution >= 0.6 is 0 Å². The van der Waals surface area contributed by atoms with Crippen molar-refractivity contribution < 1.29 is 8.42 Å². The summed E-state index contributed by atoms with van der Waals surface area (Å²) in [5, 5.41) is 0. The van der Waals surface area contributed by atoms with Crippen LogP contribution in [0, 0.1) is 0 Å². The summed E-state index contributed by atoms with van der Waals surface area (Å²) in [6.45, 7) is 2.26. The van der Waals surface area contributed by atoms with Crippen molar-refractivity contribution in [2.45, 2.75) is 13.0 Å². The van der Waals surface area contributed by atoms with E-state index in [9.17, 15) is 8.42 Å². The van der Waals surface area contributed by atoms with Gasteiger partial charge in [-0.3, -0.25) is 4.90 Å². The first-order chi connectivity index (χ1) is 7.96. The lowest BCUT2D eigenvalue weighted by Gasteiger charge is -2.29. The summed E-state index contributed by atoms with van der Waals surface area (Å²) in [4.78, 5) is 2.15. The first-order valence-electron chi connectivity index (χ1n) is 5.72. The highest BCUT2D eigenvalue weighted by Crippen LogP contribution is 2.23. The van der Waals surface area contributed by atoms with Crippen LogP contribution in [0.4, 0.5) is 5.69 Å². The van der Waals surface area contributed by atoms with Crippen LogP contribution in [-0.2, 0) is 22.8 Å². The van der Waals surface area contributed by atoms with Gasteiger partial charge in [0.15, 0.2) is 0 Å². The van der Waals surface area contributed by atoms with Gasteiger partial charge < -0.3 is 5.73 Å². The molecule has 0 unspecified atom stereocenters. The molecule has 0 aromatic heterocycles. The topological polar surface area (TPSA) is 63.4 Å². The van der Waals surface area contributed by atoms with Crippen LogP contribution in [0.1, 0.15) is 11.1 Å². The average molecular weight is 254 g/mol. The second kappa shape index (κ2) is 4.66. The highest BCUT2D eigenvalue weighted by atomic mass is 32.2. The average Bonchev–Trinajstić information content (AvgIpc) is 2.26. The molecule has 0 fully saturated rings. The first-order valence-corrected chi connectivity index (χ1v) is 7.78. The maximum Gasteiger partial charge on any atom is 0.148 e. The molecule has 5 heteroatoms. The van der Waals surface area contributed by atoms with E-state index in [2.05, 4.69) is 11.0 Å². The van der Waals surface area contributed by atoms with E-state index in [1.165, 1.54) is 11.8 Å². The molecule has 0 bridgehead atoms. The Morgan fingerprint density at radius 2 is 2.18 bits per heavy atom. The molecule has 0 amide bonds. The van der Waals surface area contributed by atoms with Gasteiger partial charge >= 0.3 is 0 Å². The van der Waals surface area contributed by atoms with E-state index in [0.29, 0.717) is 6.54 Å². The fraction of sp³-hybridized carbons (Fsp3) is 0.500. The molecule has 1 aliphatic heterocycles. The van der Waals surface area contributed by atoms with Gasteiger partial charge in [0, 0.05) is 31.6 Å². The lowest BCUT2D eigenvalue weighted by atomic mass is 9.98. The Labute approximate surface area is 102 Å². The maximum atomic E-state index is 11.1. The zero-order valence-corrected chi connectivity index (χ0v) is 10.8. The summed E-state index contributed by atoms with van der Waals surface area (Å²) in [6.07, 6.45) is 2.23. The minimum absolute atomic E-state index is 0.217. The lowest BCUT2D eigenvalue weighted by molar-refractivity contribution is 0.269. The first kappa shape index (κ1) is 12.4. The van der Waals surface area contributed by atoms with E-state index in [0.717, 1.165) is 30.8 Å². The minimum atomic E-state index is -2.88. The summed E-state index contributed by atoms with van der Waals surface area (Å²) in [6, 6.07) is 5.97. The van der Waals surface area contributed by atoms with Crippen LogP contribution in [0.2, 0.25) is 0 Å². The van der Waals surface area contributed by atoms with Crippen LogP contribution in [0.25, 0.3) is 0 Å². The Bertz CT molecular complexity index is 511. The molecular weight excluding hydrogens is 236 g/mol. The van der Waals surface area contributed by atoms with Gasteiger partial charge in [0.25, 0.3) is 0 Å². The van der Waals surface area contributed by atoms with Crippen molar-refractivity contribution in [2.24, 2.45) is 0 Å². The van der Waals surface area contributed by atoms with Gasteiger partial charge in [-0.1, -0.05) is 12.1 Å². The fourth-order valence-electron chi connectivity index (χ4n) is 2.15. The SMILES string of the molecule is CS(=O)(=O)CCN1CCc2cccc(N)c2C1. The molecule has 0 saturated heterocycles. The number of nitrogen functional groups attached to an aromatic ring is 1. The maximum absolute atomic E-state index is 11.1. The molecule has 0 radical (unpaired) electrons. The van der Waals surface area contributed by atoms with Crippen molar-refractivity contribution >= 4 is 15.5 Å². The Hall–Kier alpha value is -1.07. The van der Waals surface area contributed by atoms with Gasteiger partial charge in [0.1, 0.15) is 9.84 Å². The molecule has 94 valence electrons. The quantitative estimate of drug-likeness (QED) is 0.805. The smallest absolute Gasteiger partial charge is 0.148 e. The number of fused-ring (bicyclic) bond motifs is 1. The molecule has 1 aromatic carbocycles. The lowest BCUT2D eigenvalue weighted by Crippen LogP contribution is -2.34. The van der Waals surface area contributed by atoms with Gasteiger partial charge in [-0.05, 0) is 23.6 Å². The van der Waals surface area contributed by atoms with E-state index in [-0.39, 0.29) is 5.75 Å². The summed E-state index contributed by atoms with van der Waals surface area (Å²) >= 11 is 0. The predicted octanol–water partition coefficient (Wildman–Crippen LogP) is 0.671. The molecule has 0 aliphatic carbocycles. The molecular formula is C12H18N2O2S. The van der Waals surface area contributed by atoms with Crippen LogP contribution in [-0.4, -0.2) is 38.4 Å². The monoisotopic (exact) mass is 254 g/mol. The second-order valence-corrected chi connectivity index (χ2v) is 6.90. The molecule has 17 heavy (non-hydrogen) atoms. The molecule has 2 N–H and O–H groups in total. The van der Waals surface area contributed by atoms with Crippen LogP contribution in [0.3, 0.4) is 0 Å². The highest BCUT2D eigenvalue weighted by Gasteiger charge is 2.18. The third kappa shape index (κ3) is 3.20. The number of hydrogen-bond acceptors (Lipinski definition) is 4. The number of benzene rings is 1. The number of nitrogens with zero attached hydrogens (tertiary/aromatic N) is 1. The summed E-state index contributed by atoms with van der Waals surface area (Å²) in [5.41, 5.74) is 9.20. The summed E-state index contributed by atoms with van der Waals surface area (Å²) in [7, 11) is -2.88. The van der Waals surface area contributed by atoms with Gasteiger partial charge in [0.05, 0.1) is 5.75 Å². The van der Waals surface area contributed by atoms with E-state index < -0.39 is 9.84 Å². The van der Waals surface area contributed by atoms with Crippen molar-refractivity contribution in [2.75, 3.05) is 30.8 Å². The van der Waals surface area contributed by atoms with E-state index in [4.69, 9.17) is 5.73 Å². The van der Waals surface area contributed by atoms with Crippen molar-refractivity contribution in [1.82, 2.24) is 4.90 Å². The molecule has 2 rings (SSSR count). The van der Waals surface area contributed by atoms with Crippen LogP contribution < -0.4 is 5.73 Å². The second-order valence-electron chi connectivity index (χ2n) is 4.64. The fourth-order valence-corrected chi connectivity index (χ4v) is 2.74. The predicted molar refractivity (Wildman–Crippen MR) is 69.5 cm³/mol. The highest BCUT2D eigenvalue weighted by molar-refractivity contribution is 7.90. The van der Waals surface area contributed by atoms with Gasteiger partial charge in [0.2, 0.25) is 0 Å². The molecule has 0 spiro atoms. The number of hydrogen-bond donors (Lipinski definition) is 1. The van der Waals surface area contributed by atoms with Crippen LogP contribution in [0.15, 0.2) is 18.2 Å². The Balaban J connectivity index is 2.06. The zero-order valence-electron chi connectivity index (χ0n) is 10.0. The normalized spacial score (nSPS) is 16.8. The number of rotatable bonds is 3. The molecule has 1 aromatic rings. The Kier molecular flexibility index (Phi) is 3.40. The number of anilines is 1. The minimum Gasteiger partial charge on any atom is -0.398 e. The van der Waals surface area contributed by atoms with Gasteiger partial charge in [-0.25, -0.2) is 8.42 Å². The van der Waals surface area contributed by atoms with Crippen molar-refractivity contribution in [1.29, 1.82) is 0 Å².